The molecule has 2 fully saturated rings. The highest BCUT2D eigenvalue weighted by molar-refractivity contribution is 6.25. The van der Waals surface area contributed by atoms with E-state index in [1.54, 1.807) is 12.4 Å². The summed E-state index contributed by atoms with van der Waals surface area (Å²) >= 11 is 0. The second-order valence-electron chi connectivity index (χ2n) is 6.73. The van der Waals surface area contributed by atoms with Crippen molar-refractivity contribution in [3.8, 4) is 0 Å². The van der Waals surface area contributed by atoms with Crippen LogP contribution in [0.25, 0.3) is 10.8 Å². The Hall–Kier alpha value is -2.49. The molecule has 0 N–H and O–H groups in total. The van der Waals surface area contributed by atoms with Gasteiger partial charge in [0.05, 0.1) is 17.5 Å². The summed E-state index contributed by atoms with van der Waals surface area (Å²) in [7, 11) is 0. The third-order valence-electron chi connectivity index (χ3n) is 5.66. The molecule has 1 aromatic heterocycles. The standard InChI is InChI=1S/C19H16N2O2/c22-18-16-11-4-5-12(7-6-11)17(16)19(23)21(18)15-3-1-2-13-10-20-9-8-14(13)15/h1-5,8-12,16-17H,6-7H2/t11-,12+,16-,17+. The molecule has 2 amide bonds. The van der Waals surface area contributed by atoms with Gasteiger partial charge in [-0.3, -0.25) is 14.6 Å². The van der Waals surface area contributed by atoms with Crippen molar-refractivity contribution in [1.29, 1.82) is 0 Å². The molecular weight excluding hydrogens is 288 g/mol. The Bertz CT molecular complexity index is 835. The van der Waals surface area contributed by atoms with E-state index in [0.29, 0.717) is 5.69 Å². The fourth-order valence-corrected chi connectivity index (χ4v) is 4.61. The van der Waals surface area contributed by atoms with Gasteiger partial charge in [0.15, 0.2) is 0 Å². The zero-order chi connectivity index (χ0) is 15.6. The maximum Gasteiger partial charge on any atom is 0.238 e. The first-order chi connectivity index (χ1) is 11.3. The highest BCUT2D eigenvalue weighted by Crippen LogP contribution is 2.50. The summed E-state index contributed by atoms with van der Waals surface area (Å²) < 4.78 is 0. The molecule has 4 nitrogen and oxygen atoms in total. The summed E-state index contributed by atoms with van der Waals surface area (Å²) in [6, 6.07) is 7.58. The van der Waals surface area contributed by atoms with E-state index in [9.17, 15) is 9.59 Å². The van der Waals surface area contributed by atoms with E-state index in [1.807, 2.05) is 24.3 Å². The van der Waals surface area contributed by atoms with E-state index >= 15 is 0 Å². The monoisotopic (exact) mass is 304 g/mol. The minimum Gasteiger partial charge on any atom is -0.274 e. The highest BCUT2D eigenvalue weighted by Gasteiger charge is 2.57. The Kier molecular flexibility index (Phi) is 2.55. The van der Waals surface area contributed by atoms with Crippen LogP contribution in [-0.4, -0.2) is 16.8 Å². The van der Waals surface area contributed by atoms with Crippen LogP contribution in [0.1, 0.15) is 12.8 Å². The van der Waals surface area contributed by atoms with Gasteiger partial charge in [0, 0.05) is 23.2 Å². The number of amides is 2. The van der Waals surface area contributed by atoms with Gasteiger partial charge in [0.1, 0.15) is 0 Å². The molecule has 4 atom stereocenters. The largest absolute Gasteiger partial charge is 0.274 e. The number of pyridine rings is 1. The summed E-state index contributed by atoms with van der Waals surface area (Å²) in [4.78, 5) is 31.6. The zero-order valence-electron chi connectivity index (χ0n) is 12.6. The van der Waals surface area contributed by atoms with Gasteiger partial charge in [-0.2, -0.15) is 0 Å². The summed E-state index contributed by atoms with van der Waals surface area (Å²) in [5.41, 5.74) is 0.703. The van der Waals surface area contributed by atoms with E-state index in [1.165, 1.54) is 4.90 Å². The van der Waals surface area contributed by atoms with Crippen molar-refractivity contribution in [2.75, 3.05) is 4.90 Å². The minimum atomic E-state index is -0.164. The maximum absolute atomic E-state index is 13.0. The van der Waals surface area contributed by atoms with Crippen LogP contribution in [0.2, 0.25) is 0 Å². The van der Waals surface area contributed by atoms with Crippen LogP contribution in [0.15, 0.2) is 48.8 Å². The molecule has 23 heavy (non-hydrogen) atoms. The number of hydrogen-bond donors (Lipinski definition) is 0. The van der Waals surface area contributed by atoms with Gasteiger partial charge in [-0.05, 0) is 36.8 Å². The molecule has 1 saturated carbocycles. The number of benzene rings is 1. The molecule has 4 heteroatoms. The first kappa shape index (κ1) is 13.0. The lowest BCUT2D eigenvalue weighted by Gasteiger charge is -2.38. The molecule has 2 aromatic rings. The third-order valence-corrected chi connectivity index (χ3v) is 5.66. The Labute approximate surface area is 133 Å². The molecule has 2 heterocycles. The fraction of sp³-hybridized carbons (Fsp3) is 0.316. The van der Waals surface area contributed by atoms with Crippen molar-refractivity contribution in [3.05, 3.63) is 48.8 Å². The van der Waals surface area contributed by atoms with E-state index in [0.717, 1.165) is 23.6 Å². The highest BCUT2D eigenvalue weighted by atomic mass is 16.2. The average molecular weight is 304 g/mol. The van der Waals surface area contributed by atoms with Crippen LogP contribution in [0, 0.1) is 23.7 Å². The molecule has 3 aliphatic carbocycles. The number of hydrogen-bond acceptors (Lipinski definition) is 3. The molecule has 114 valence electrons. The number of imide groups is 1. The van der Waals surface area contributed by atoms with Gasteiger partial charge in [-0.25, -0.2) is 4.90 Å². The lowest BCUT2D eigenvalue weighted by Crippen LogP contribution is -2.38. The number of rotatable bonds is 1. The minimum absolute atomic E-state index is 0.0247. The zero-order valence-corrected chi connectivity index (χ0v) is 12.6. The van der Waals surface area contributed by atoms with Crippen molar-refractivity contribution in [3.63, 3.8) is 0 Å². The smallest absolute Gasteiger partial charge is 0.238 e. The predicted molar refractivity (Wildman–Crippen MR) is 86.6 cm³/mol. The normalized spacial score (nSPS) is 31.9. The number of fused-ring (bicyclic) bond motifs is 2. The van der Waals surface area contributed by atoms with Crippen molar-refractivity contribution in [1.82, 2.24) is 4.98 Å². The summed E-state index contributed by atoms with van der Waals surface area (Å²) in [5, 5.41) is 1.85. The SMILES string of the molecule is O=C1[C@@H]2[C@H](C(=O)N1c1cccc3cnccc13)[C@@H]1C=C[C@H]2CC1. The first-order valence-corrected chi connectivity index (χ1v) is 8.14. The maximum atomic E-state index is 13.0. The molecule has 0 unspecified atom stereocenters. The van der Waals surface area contributed by atoms with E-state index in [-0.39, 0.29) is 35.5 Å². The molecular formula is C19H16N2O2. The topological polar surface area (TPSA) is 50.3 Å². The van der Waals surface area contributed by atoms with Crippen LogP contribution >= 0.6 is 0 Å². The Morgan fingerprint density at radius 2 is 1.65 bits per heavy atom. The van der Waals surface area contributed by atoms with Crippen LogP contribution in [0.5, 0.6) is 0 Å². The molecule has 4 aliphatic rings. The number of carbonyl (C=O) groups is 2. The summed E-state index contributed by atoms with van der Waals surface area (Å²) in [6.45, 7) is 0. The lowest BCUT2D eigenvalue weighted by molar-refractivity contribution is -0.124. The number of aromatic nitrogens is 1. The third kappa shape index (κ3) is 1.63. The molecule has 6 rings (SSSR count). The van der Waals surface area contributed by atoms with Gasteiger partial charge in [0.2, 0.25) is 11.8 Å². The van der Waals surface area contributed by atoms with Crippen LogP contribution in [0.3, 0.4) is 0 Å². The summed E-state index contributed by atoms with van der Waals surface area (Å²) in [5.74, 6) is 0.0737. The molecule has 1 aromatic carbocycles. The van der Waals surface area contributed by atoms with Crippen LogP contribution in [0.4, 0.5) is 5.69 Å². The van der Waals surface area contributed by atoms with E-state index < -0.39 is 0 Å². The van der Waals surface area contributed by atoms with Crippen molar-refractivity contribution >= 4 is 28.3 Å². The van der Waals surface area contributed by atoms with Crippen LogP contribution < -0.4 is 4.90 Å². The Morgan fingerprint density at radius 3 is 2.30 bits per heavy atom. The fourth-order valence-electron chi connectivity index (χ4n) is 4.61. The predicted octanol–water partition coefficient (Wildman–Crippen LogP) is 2.94. The van der Waals surface area contributed by atoms with Gasteiger partial charge in [-0.1, -0.05) is 24.3 Å². The number of anilines is 1. The summed E-state index contributed by atoms with van der Waals surface area (Å²) in [6.07, 6.45) is 9.81. The van der Waals surface area contributed by atoms with Crippen LogP contribution in [-0.2, 0) is 9.59 Å². The number of carbonyl (C=O) groups excluding carboxylic acids is 2. The molecule has 0 spiro atoms. The van der Waals surface area contributed by atoms with Crippen molar-refractivity contribution < 1.29 is 9.59 Å². The van der Waals surface area contributed by atoms with E-state index in [2.05, 4.69) is 17.1 Å². The van der Waals surface area contributed by atoms with E-state index in [4.69, 9.17) is 0 Å². The van der Waals surface area contributed by atoms with Gasteiger partial charge in [0.25, 0.3) is 0 Å². The van der Waals surface area contributed by atoms with Crippen molar-refractivity contribution in [2.24, 2.45) is 23.7 Å². The lowest BCUT2D eigenvalue weighted by atomic mass is 9.63. The second kappa shape index (κ2) is 4.51. The van der Waals surface area contributed by atoms with Gasteiger partial charge in [-0.15, -0.1) is 0 Å². The Balaban J connectivity index is 1.67. The quantitative estimate of drug-likeness (QED) is 0.601. The second-order valence-corrected chi connectivity index (χ2v) is 6.73. The molecule has 2 bridgehead atoms. The number of allylic oxidation sites excluding steroid dienone is 2. The van der Waals surface area contributed by atoms with Crippen molar-refractivity contribution in [2.45, 2.75) is 12.8 Å². The van der Waals surface area contributed by atoms with Gasteiger partial charge >= 0.3 is 0 Å². The molecule has 1 saturated heterocycles. The molecule has 0 radical (unpaired) electrons. The Morgan fingerprint density at radius 1 is 0.957 bits per heavy atom. The van der Waals surface area contributed by atoms with Gasteiger partial charge < -0.3 is 0 Å². The number of nitrogens with zero attached hydrogens (tertiary/aromatic N) is 2. The molecule has 1 aliphatic heterocycles. The first-order valence-electron chi connectivity index (χ1n) is 8.14. The average Bonchev–Trinajstić information content (AvgIpc) is 2.89.